The van der Waals surface area contributed by atoms with Gasteiger partial charge in [0.2, 0.25) is 10.0 Å². The number of amides is 2. The van der Waals surface area contributed by atoms with Crippen LogP contribution in [0.5, 0.6) is 0 Å². The molecule has 1 aromatic rings. The predicted molar refractivity (Wildman–Crippen MR) is 88.6 cm³/mol. The Kier molecular flexibility index (Phi) is 4.59. The number of carbonyl (C=O) groups is 1. The highest BCUT2D eigenvalue weighted by Gasteiger charge is 2.27. The van der Waals surface area contributed by atoms with E-state index in [1.165, 1.54) is 21.7 Å². The maximum Gasteiger partial charge on any atom is 0.315 e. The maximum absolute atomic E-state index is 12.2. The molecule has 2 aliphatic rings. The molecular weight excluding hydrogens is 314 g/mol. The number of carbonyl (C=O) groups excluding carboxylic acids is 1. The second-order valence-electron chi connectivity index (χ2n) is 6.34. The Morgan fingerprint density at radius 1 is 1.13 bits per heavy atom. The highest BCUT2D eigenvalue weighted by Crippen LogP contribution is 2.30. The quantitative estimate of drug-likeness (QED) is 0.875. The summed E-state index contributed by atoms with van der Waals surface area (Å²) in [6.45, 7) is 0.937. The number of urea groups is 1. The summed E-state index contributed by atoms with van der Waals surface area (Å²) in [6.07, 6.45) is 4.46. The first-order valence-electron chi connectivity index (χ1n) is 8.03. The minimum Gasteiger partial charge on any atom is -0.335 e. The van der Waals surface area contributed by atoms with Crippen molar-refractivity contribution in [1.82, 2.24) is 14.9 Å². The molecule has 6 nitrogen and oxygen atoms in total. The first-order valence-corrected chi connectivity index (χ1v) is 9.88. The Morgan fingerprint density at radius 2 is 1.83 bits per heavy atom. The van der Waals surface area contributed by atoms with Crippen molar-refractivity contribution >= 4 is 16.1 Å². The van der Waals surface area contributed by atoms with Crippen LogP contribution in [0.15, 0.2) is 24.3 Å². The lowest BCUT2D eigenvalue weighted by Crippen LogP contribution is -2.49. The van der Waals surface area contributed by atoms with Gasteiger partial charge in [0.15, 0.2) is 0 Å². The van der Waals surface area contributed by atoms with Gasteiger partial charge in [-0.3, -0.25) is 0 Å². The third-order valence-electron chi connectivity index (χ3n) is 4.70. The molecule has 1 aromatic carbocycles. The monoisotopic (exact) mass is 337 g/mol. The maximum atomic E-state index is 12.2. The molecule has 0 aromatic heterocycles. The summed E-state index contributed by atoms with van der Waals surface area (Å²) in [7, 11) is -3.12. The van der Waals surface area contributed by atoms with E-state index in [0.29, 0.717) is 25.9 Å². The van der Waals surface area contributed by atoms with E-state index < -0.39 is 10.0 Å². The van der Waals surface area contributed by atoms with E-state index >= 15 is 0 Å². The number of piperidine rings is 1. The second-order valence-corrected chi connectivity index (χ2v) is 8.33. The topological polar surface area (TPSA) is 78.5 Å². The van der Waals surface area contributed by atoms with E-state index in [2.05, 4.69) is 22.8 Å². The number of sulfonamides is 1. The van der Waals surface area contributed by atoms with E-state index in [1.54, 1.807) is 0 Å². The lowest BCUT2D eigenvalue weighted by Gasteiger charge is -2.31. The minimum atomic E-state index is -3.12. The zero-order valence-electron chi connectivity index (χ0n) is 13.3. The lowest BCUT2D eigenvalue weighted by atomic mass is 10.1. The Morgan fingerprint density at radius 3 is 2.52 bits per heavy atom. The van der Waals surface area contributed by atoms with Crippen LogP contribution in [0.4, 0.5) is 4.79 Å². The highest BCUT2D eigenvalue weighted by molar-refractivity contribution is 7.88. The van der Waals surface area contributed by atoms with Gasteiger partial charge in [-0.2, -0.15) is 0 Å². The summed E-state index contributed by atoms with van der Waals surface area (Å²) in [5, 5.41) is 6.02. The highest BCUT2D eigenvalue weighted by atomic mass is 32.2. The first kappa shape index (κ1) is 16.3. The summed E-state index contributed by atoms with van der Waals surface area (Å²) in [5.74, 6) is 0. The summed E-state index contributed by atoms with van der Waals surface area (Å²) >= 11 is 0. The molecular formula is C16H23N3O3S. The molecule has 23 heavy (non-hydrogen) atoms. The predicted octanol–water partition coefficient (Wildman–Crippen LogP) is 1.40. The van der Waals surface area contributed by atoms with Gasteiger partial charge in [-0.05, 0) is 36.8 Å². The molecule has 0 radical (unpaired) electrons. The van der Waals surface area contributed by atoms with Gasteiger partial charge in [0, 0.05) is 19.1 Å². The third kappa shape index (κ3) is 3.84. The van der Waals surface area contributed by atoms with Crippen molar-refractivity contribution in [2.45, 2.75) is 37.8 Å². The van der Waals surface area contributed by atoms with E-state index in [1.807, 2.05) is 12.1 Å². The van der Waals surface area contributed by atoms with Gasteiger partial charge in [-0.15, -0.1) is 0 Å². The van der Waals surface area contributed by atoms with Crippen molar-refractivity contribution in [2.24, 2.45) is 0 Å². The minimum absolute atomic E-state index is 0.0321. The van der Waals surface area contributed by atoms with Crippen LogP contribution in [0, 0.1) is 0 Å². The number of aryl methyl sites for hydroxylation is 1. The number of nitrogens with zero attached hydrogens (tertiary/aromatic N) is 1. The van der Waals surface area contributed by atoms with Crippen molar-refractivity contribution < 1.29 is 13.2 Å². The molecule has 7 heteroatoms. The second kappa shape index (κ2) is 6.49. The molecule has 0 unspecified atom stereocenters. The van der Waals surface area contributed by atoms with Gasteiger partial charge < -0.3 is 10.6 Å². The number of rotatable bonds is 3. The molecule has 1 aliphatic heterocycles. The van der Waals surface area contributed by atoms with Crippen LogP contribution in [0.1, 0.15) is 36.4 Å². The summed E-state index contributed by atoms with van der Waals surface area (Å²) in [5.41, 5.74) is 2.51. The van der Waals surface area contributed by atoms with Crippen LogP contribution in [-0.4, -0.2) is 44.1 Å². The number of fused-ring (bicyclic) bond motifs is 1. The van der Waals surface area contributed by atoms with Crippen LogP contribution >= 0.6 is 0 Å². The zero-order chi connectivity index (χ0) is 16.4. The van der Waals surface area contributed by atoms with E-state index in [9.17, 15) is 13.2 Å². The van der Waals surface area contributed by atoms with Crippen LogP contribution in [0.25, 0.3) is 0 Å². The molecule has 0 bridgehead atoms. The largest absolute Gasteiger partial charge is 0.335 e. The SMILES string of the molecule is CS(=O)(=O)N1CCC(NC(=O)N[C@H]2CCc3ccccc32)CC1. The van der Waals surface area contributed by atoms with Gasteiger partial charge in [-0.25, -0.2) is 17.5 Å². The Bertz CT molecular complexity index is 682. The molecule has 1 heterocycles. The van der Waals surface area contributed by atoms with Crippen molar-refractivity contribution in [3.05, 3.63) is 35.4 Å². The van der Waals surface area contributed by atoms with Crippen LogP contribution < -0.4 is 10.6 Å². The third-order valence-corrected chi connectivity index (χ3v) is 6.00. The molecule has 1 aliphatic carbocycles. The van der Waals surface area contributed by atoms with E-state index in [-0.39, 0.29) is 18.1 Å². The number of hydrogen-bond donors (Lipinski definition) is 2. The van der Waals surface area contributed by atoms with Gasteiger partial charge in [0.25, 0.3) is 0 Å². The smallest absolute Gasteiger partial charge is 0.315 e. The zero-order valence-corrected chi connectivity index (χ0v) is 14.1. The molecule has 3 rings (SSSR count). The molecule has 1 atom stereocenters. The van der Waals surface area contributed by atoms with Gasteiger partial charge in [0.05, 0.1) is 12.3 Å². The van der Waals surface area contributed by atoms with Gasteiger partial charge in [-0.1, -0.05) is 24.3 Å². The Hall–Kier alpha value is -1.60. The Balaban J connectivity index is 1.50. The standard InChI is InChI=1S/C16H23N3O3S/c1-23(21,22)19-10-8-13(9-11-19)17-16(20)18-15-7-6-12-4-2-3-5-14(12)15/h2-5,13,15H,6-11H2,1H3,(H2,17,18,20)/t15-/m0/s1. The number of benzene rings is 1. The van der Waals surface area contributed by atoms with Crippen molar-refractivity contribution in [3.63, 3.8) is 0 Å². The summed E-state index contributed by atoms with van der Waals surface area (Å²) in [4.78, 5) is 12.2. The lowest BCUT2D eigenvalue weighted by molar-refractivity contribution is 0.224. The van der Waals surface area contributed by atoms with Crippen LogP contribution in [-0.2, 0) is 16.4 Å². The first-order chi connectivity index (χ1) is 10.9. The average molecular weight is 337 g/mol. The number of nitrogens with one attached hydrogen (secondary N) is 2. The fraction of sp³-hybridized carbons (Fsp3) is 0.562. The molecule has 0 saturated carbocycles. The van der Waals surface area contributed by atoms with Crippen LogP contribution in [0.2, 0.25) is 0 Å². The van der Waals surface area contributed by atoms with Crippen molar-refractivity contribution in [2.75, 3.05) is 19.3 Å². The molecule has 2 amide bonds. The van der Waals surface area contributed by atoms with E-state index in [0.717, 1.165) is 12.8 Å². The Labute approximate surface area is 137 Å². The van der Waals surface area contributed by atoms with Gasteiger partial charge >= 0.3 is 6.03 Å². The van der Waals surface area contributed by atoms with Crippen LogP contribution in [0.3, 0.4) is 0 Å². The van der Waals surface area contributed by atoms with Crippen molar-refractivity contribution in [1.29, 1.82) is 0 Å². The fourth-order valence-electron chi connectivity index (χ4n) is 3.42. The van der Waals surface area contributed by atoms with Gasteiger partial charge in [0.1, 0.15) is 0 Å². The van der Waals surface area contributed by atoms with E-state index in [4.69, 9.17) is 0 Å². The molecule has 1 fully saturated rings. The fourth-order valence-corrected chi connectivity index (χ4v) is 4.30. The summed E-state index contributed by atoms with van der Waals surface area (Å²) < 4.78 is 24.4. The number of hydrogen-bond acceptors (Lipinski definition) is 3. The summed E-state index contributed by atoms with van der Waals surface area (Å²) in [6, 6.07) is 8.14. The van der Waals surface area contributed by atoms with Crippen molar-refractivity contribution in [3.8, 4) is 0 Å². The average Bonchev–Trinajstić information content (AvgIpc) is 2.90. The molecule has 0 spiro atoms. The molecule has 2 N–H and O–H groups in total. The molecule has 126 valence electrons. The normalized spacial score (nSPS) is 22.6. The molecule has 1 saturated heterocycles.